The fourth-order valence-corrected chi connectivity index (χ4v) is 5.21. The summed E-state index contributed by atoms with van der Waals surface area (Å²) in [5, 5.41) is 0. The van der Waals surface area contributed by atoms with E-state index in [1.54, 1.807) is 5.57 Å². The van der Waals surface area contributed by atoms with Crippen LogP contribution in [-0.2, 0) is 4.79 Å². The summed E-state index contributed by atoms with van der Waals surface area (Å²) in [7, 11) is 0. The molecule has 0 spiro atoms. The van der Waals surface area contributed by atoms with Crippen molar-refractivity contribution in [2.24, 2.45) is 23.2 Å². The van der Waals surface area contributed by atoms with Crippen molar-refractivity contribution < 1.29 is 4.79 Å². The Morgan fingerprint density at radius 3 is 2.94 bits per heavy atom. The van der Waals surface area contributed by atoms with E-state index in [2.05, 4.69) is 40.5 Å². The molecule has 1 nitrogen and oxygen atoms in total. The van der Waals surface area contributed by atoms with Crippen molar-refractivity contribution >= 4 is 28.9 Å². The van der Waals surface area contributed by atoms with Crippen molar-refractivity contribution in [1.82, 2.24) is 0 Å². The van der Waals surface area contributed by atoms with Gasteiger partial charge in [-0.25, -0.2) is 0 Å². The van der Waals surface area contributed by atoms with Gasteiger partial charge >= 0.3 is 0 Å². The number of carbonyl (C=O) groups excluding carboxylic acids is 1. The standard InChI is InChI=1S/C15H23IO/c1-11(7-9-17)13-5-6-14-12(10-16)4-3-8-15(13,14)2/h9-11,13-14H,3-8H2,1-2H3/t11-,13-,14?,15-/m1/s1. The van der Waals surface area contributed by atoms with Crippen molar-refractivity contribution in [3.05, 3.63) is 9.66 Å². The molecule has 0 amide bonds. The lowest BCUT2D eigenvalue weighted by atomic mass is 9.61. The van der Waals surface area contributed by atoms with E-state index in [0.717, 1.165) is 24.5 Å². The van der Waals surface area contributed by atoms with Crippen molar-refractivity contribution in [3.8, 4) is 0 Å². The molecule has 0 saturated heterocycles. The van der Waals surface area contributed by atoms with Crippen LogP contribution in [0.25, 0.3) is 0 Å². The van der Waals surface area contributed by atoms with Gasteiger partial charge in [-0.1, -0.05) is 42.0 Å². The summed E-state index contributed by atoms with van der Waals surface area (Å²) >= 11 is 2.41. The molecule has 2 fully saturated rings. The van der Waals surface area contributed by atoms with E-state index >= 15 is 0 Å². The fraction of sp³-hybridized carbons (Fsp3) is 0.800. The molecule has 2 aliphatic carbocycles. The minimum atomic E-state index is 0.470. The highest BCUT2D eigenvalue weighted by molar-refractivity contribution is 14.1. The van der Waals surface area contributed by atoms with Gasteiger partial charge in [-0.3, -0.25) is 0 Å². The van der Waals surface area contributed by atoms with Gasteiger partial charge in [-0.2, -0.15) is 0 Å². The van der Waals surface area contributed by atoms with Gasteiger partial charge in [0.25, 0.3) is 0 Å². The van der Waals surface area contributed by atoms with Crippen LogP contribution in [0.5, 0.6) is 0 Å². The van der Waals surface area contributed by atoms with E-state index in [-0.39, 0.29) is 0 Å². The first-order valence-electron chi connectivity index (χ1n) is 6.86. The monoisotopic (exact) mass is 346 g/mol. The van der Waals surface area contributed by atoms with E-state index in [1.807, 2.05) is 0 Å². The van der Waals surface area contributed by atoms with Crippen molar-refractivity contribution in [1.29, 1.82) is 0 Å². The maximum atomic E-state index is 10.7. The van der Waals surface area contributed by atoms with Gasteiger partial charge < -0.3 is 4.79 Å². The Kier molecular flexibility index (Phi) is 4.32. The predicted molar refractivity (Wildman–Crippen MR) is 80.1 cm³/mol. The van der Waals surface area contributed by atoms with Crippen LogP contribution in [0.4, 0.5) is 0 Å². The molecular weight excluding hydrogens is 323 g/mol. The van der Waals surface area contributed by atoms with E-state index in [1.165, 1.54) is 32.1 Å². The topological polar surface area (TPSA) is 17.1 Å². The quantitative estimate of drug-likeness (QED) is 0.533. The Morgan fingerprint density at radius 1 is 1.53 bits per heavy atom. The second-order valence-electron chi connectivity index (χ2n) is 6.16. The molecule has 1 unspecified atom stereocenters. The first-order chi connectivity index (χ1) is 8.13. The summed E-state index contributed by atoms with van der Waals surface area (Å²) in [6.45, 7) is 4.75. The minimum Gasteiger partial charge on any atom is -0.303 e. The lowest BCUT2D eigenvalue weighted by Gasteiger charge is -2.44. The van der Waals surface area contributed by atoms with Crippen molar-refractivity contribution in [3.63, 3.8) is 0 Å². The molecule has 2 rings (SSSR count). The van der Waals surface area contributed by atoms with E-state index in [0.29, 0.717) is 11.3 Å². The summed E-state index contributed by atoms with van der Waals surface area (Å²) in [5.41, 5.74) is 2.15. The number of hydrogen-bond acceptors (Lipinski definition) is 1. The number of aldehydes is 1. The van der Waals surface area contributed by atoms with E-state index < -0.39 is 0 Å². The molecule has 96 valence electrons. The first kappa shape index (κ1) is 13.6. The number of halogens is 1. The molecule has 0 aromatic heterocycles. The zero-order chi connectivity index (χ0) is 12.5. The number of carbonyl (C=O) groups is 1. The van der Waals surface area contributed by atoms with E-state index in [9.17, 15) is 4.79 Å². The van der Waals surface area contributed by atoms with Crippen LogP contribution in [0.1, 0.15) is 52.4 Å². The van der Waals surface area contributed by atoms with Gasteiger partial charge in [0.1, 0.15) is 6.29 Å². The zero-order valence-corrected chi connectivity index (χ0v) is 13.1. The Bertz CT molecular complexity index is 323. The minimum absolute atomic E-state index is 0.470. The lowest BCUT2D eigenvalue weighted by Crippen LogP contribution is -2.35. The van der Waals surface area contributed by atoms with Crippen molar-refractivity contribution in [2.45, 2.75) is 52.4 Å². The van der Waals surface area contributed by atoms with Crippen molar-refractivity contribution in [2.75, 3.05) is 0 Å². The molecule has 0 aromatic rings. The summed E-state index contributed by atoms with van der Waals surface area (Å²) in [4.78, 5) is 10.7. The molecule has 2 saturated carbocycles. The third-order valence-electron chi connectivity index (χ3n) is 5.33. The van der Waals surface area contributed by atoms with Crippen LogP contribution in [0.3, 0.4) is 0 Å². The molecule has 2 heteroatoms. The van der Waals surface area contributed by atoms with Crippen LogP contribution in [0, 0.1) is 23.2 Å². The third kappa shape index (κ3) is 2.34. The second-order valence-corrected chi connectivity index (χ2v) is 6.78. The third-order valence-corrected chi connectivity index (χ3v) is 6.13. The highest BCUT2D eigenvalue weighted by atomic mass is 127. The average Bonchev–Trinajstić information content (AvgIpc) is 2.66. The molecular formula is C15H23IO. The highest BCUT2D eigenvalue weighted by Crippen LogP contribution is 2.59. The van der Waals surface area contributed by atoms with Gasteiger partial charge in [-0.15, -0.1) is 0 Å². The second kappa shape index (κ2) is 5.41. The smallest absolute Gasteiger partial charge is 0.120 e. The Morgan fingerprint density at radius 2 is 2.29 bits per heavy atom. The molecule has 2 aliphatic rings. The molecule has 0 N–H and O–H groups in total. The normalized spacial score (nSPS) is 41.2. The highest BCUT2D eigenvalue weighted by Gasteiger charge is 2.50. The number of hydrogen-bond donors (Lipinski definition) is 0. The maximum Gasteiger partial charge on any atom is 0.120 e. The summed E-state index contributed by atoms with van der Waals surface area (Å²) in [6, 6.07) is 0. The first-order valence-corrected chi connectivity index (χ1v) is 8.11. The van der Waals surface area contributed by atoms with Crippen LogP contribution in [-0.4, -0.2) is 6.29 Å². The van der Waals surface area contributed by atoms with Gasteiger partial charge in [0, 0.05) is 6.42 Å². The summed E-state index contributed by atoms with van der Waals surface area (Å²) in [6.07, 6.45) is 8.53. The molecule has 0 aromatic carbocycles. The fourth-order valence-electron chi connectivity index (χ4n) is 4.46. The lowest BCUT2D eigenvalue weighted by molar-refractivity contribution is -0.109. The van der Waals surface area contributed by atoms with E-state index in [4.69, 9.17) is 0 Å². The van der Waals surface area contributed by atoms with Crippen LogP contribution in [0.15, 0.2) is 9.66 Å². The number of allylic oxidation sites excluding steroid dienone is 1. The molecule has 0 bridgehead atoms. The Balaban J connectivity index is 2.20. The van der Waals surface area contributed by atoms with Gasteiger partial charge in [0.2, 0.25) is 0 Å². The summed E-state index contributed by atoms with van der Waals surface area (Å²) < 4.78 is 2.33. The van der Waals surface area contributed by atoms with Gasteiger partial charge in [0.15, 0.2) is 0 Å². The molecule has 0 heterocycles. The van der Waals surface area contributed by atoms with Crippen LogP contribution in [0.2, 0.25) is 0 Å². The van der Waals surface area contributed by atoms with Crippen LogP contribution < -0.4 is 0 Å². The maximum absolute atomic E-state index is 10.7. The molecule has 4 atom stereocenters. The number of rotatable bonds is 3. The Labute approximate surface area is 119 Å². The predicted octanol–water partition coefficient (Wildman–Crippen LogP) is 4.75. The Hall–Kier alpha value is 0.140. The zero-order valence-electron chi connectivity index (χ0n) is 10.9. The molecule has 0 aliphatic heterocycles. The van der Waals surface area contributed by atoms with Gasteiger partial charge in [-0.05, 0) is 59.4 Å². The molecule has 17 heavy (non-hydrogen) atoms. The SMILES string of the molecule is C[C@H](CC=O)[C@H]1CCC2C(=CI)CCC[C@@]21C. The number of fused-ring (bicyclic) bond motifs is 1. The molecule has 0 radical (unpaired) electrons. The average molecular weight is 346 g/mol. The van der Waals surface area contributed by atoms with Crippen LogP contribution >= 0.6 is 22.6 Å². The summed E-state index contributed by atoms with van der Waals surface area (Å²) in [5.74, 6) is 2.12. The van der Waals surface area contributed by atoms with Gasteiger partial charge in [0.05, 0.1) is 0 Å². The largest absolute Gasteiger partial charge is 0.303 e.